The van der Waals surface area contributed by atoms with Gasteiger partial charge in [0.05, 0.1) is 17.9 Å². The van der Waals surface area contributed by atoms with Gasteiger partial charge in [-0.15, -0.1) is 0 Å². The second kappa shape index (κ2) is 11.2. The molecule has 1 aliphatic rings. The molecule has 3 heterocycles. The molecule has 0 aliphatic carbocycles. The Kier molecular flexibility index (Phi) is 7.60. The van der Waals surface area contributed by atoms with Gasteiger partial charge in [-0.25, -0.2) is 0 Å². The molecule has 0 unspecified atom stereocenters. The lowest BCUT2D eigenvalue weighted by Gasteiger charge is -2.30. The van der Waals surface area contributed by atoms with Crippen molar-refractivity contribution in [2.45, 2.75) is 39.8 Å². The number of ether oxygens (including phenoxy) is 1. The molecule has 5 rings (SSSR count). The van der Waals surface area contributed by atoms with E-state index >= 15 is 0 Å². The highest BCUT2D eigenvalue weighted by atomic mass is 16.5. The van der Waals surface area contributed by atoms with Gasteiger partial charge in [0.2, 0.25) is 0 Å². The lowest BCUT2D eigenvalue weighted by atomic mass is 9.96. The average Bonchev–Trinajstić information content (AvgIpc) is 3.55. The van der Waals surface area contributed by atoms with E-state index in [9.17, 15) is 4.79 Å². The molecule has 4 aromatic rings. The number of hydrogen-bond donors (Lipinski definition) is 1. The Balaban J connectivity index is 1.37. The van der Waals surface area contributed by atoms with E-state index in [0.29, 0.717) is 12.2 Å². The van der Waals surface area contributed by atoms with Crippen LogP contribution in [0.1, 0.15) is 47.8 Å². The fourth-order valence-electron chi connectivity index (χ4n) is 4.67. The summed E-state index contributed by atoms with van der Waals surface area (Å²) in [4.78, 5) is 15.8. The molecule has 1 aliphatic heterocycles. The SMILES string of the molecule is CCn1ccc(-c2cc(-c3cnn(C)c3)cc([C@@H](C)NC(=O)c3cc(OCCN4CCC4)ccc3C)c2)n1. The first-order valence-corrected chi connectivity index (χ1v) is 13.3. The van der Waals surface area contributed by atoms with Gasteiger partial charge in [-0.2, -0.15) is 10.2 Å². The number of nitrogens with zero attached hydrogens (tertiary/aromatic N) is 5. The van der Waals surface area contributed by atoms with Crippen LogP contribution >= 0.6 is 0 Å². The molecule has 198 valence electrons. The standard InChI is InChI=1S/C30H36N6O2/c1-5-36-12-9-29(33-36)25-16-23(15-24(17-25)26-19-31-34(4)20-26)22(3)32-30(37)28-18-27(8-7-21(28)2)38-14-13-35-10-6-11-35/h7-9,12,15-20,22H,5-6,10-11,13-14H2,1-4H3,(H,32,37)/t22-/m1/s1. The monoisotopic (exact) mass is 512 g/mol. The molecular formula is C30H36N6O2. The number of carbonyl (C=O) groups is 1. The second-order valence-electron chi connectivity index (χ2n) is 10.0. The van der Waals surface area contributed by atoms with Crippen molar-refractivity contribution in [1.82, 2.24) is 29.8 Å². The number of hydrogen-bond acceptors (Lipinski definition) is 5. The molecule has 38 heavy (non-hydrogen) atoms. The maximum absolute atomic E-state index is 13.4. The lowest BCUT2D eigenvalue weighted by molar-refractivity contribution is 0.0938. The Morgan fingerprint density at radius 2 is 1.92 bits per heavy atom. The summed E-state index contributed by atoms with van der Waals surface area (Å²) in [6.45, 7) is 10.7. The largest absolute Gasteiger partial charge is 0.492 e. The van der Waals surface area contributed by atoms with Crippen molar-refractivity contribution in [2.75, 3.05) is 26.2 Å². The van der Waals surface area contributed by atoms with Gasteiger partial charge in [-0.05, 0) is 93.4 Å². The number of aromatic nitrogens is 4. The normalized spacial score (nSPS) is 14.2. The van der Waals surface area contributed by atoms with Crippen LogP contribution in [0.2, 0.25) is 0 Å². The van der Waals surface area contributed by atoms with Crippen LogP contribution in [0.3, 0.4) is 0 Å². The predicted molar refractivity (Wildman–Crippen MR) is 149 cm³/mol. The third-order valence-electron chi connectivity index (χ3n) is 7.18. The van der Waals surface area contributed by atoms with Gasteiger partial charge in [0.25, 0.3) is 5.91 Å². The first-order chi connectivity index (χ1) is 18.4. The second-order valence-corrected chi connectivity index (χ2v) is 10.0. The summed E-state index contributed by atoms with van der Waals surface area (Å²) in [5.41, 5.74) is 6.50. The quantitative estimate of drug-likeness (QED) is 0.329. The molecule has 0 radical (unpaired) electrons. The molecule has 1 fully saturated rings. The van der Waals surface area contributed by atoms with E-state index in [4.69, 9.17) is 9.84 Å². The smallest absolute Gasteiger partial charge is 0.252 e. The number of likely N-dealkylation sites (tertiary alicyclic amines) is 1. The van der Waals surface area contributed by atoms with Crippen LogP contribution in [0.4, 0.5) is 0 Å². The van der Waals surface area contributed by atoms with Crippen LogP contribution in [0.25, 0.3) is 22.4 Å². The molecular weight excluding hydrogens is 476 g/mol. The van der Waals surface area contributed by atoms with E-state index in [1.165, 1.54) is 6.42 Å². The highest BCUT2D eigenvalue weighted by Crippen LogP contribution is 2.30. The van der Waals surface area contributed by atoms with E-state index in [1.807, 2.05) is 68.4 Å². The summed E-state index contributed by atoms with van der Waals surface area (Å²) in [6, 6.07) is 13.9. The minimum atomic E-state index is -0.221. The van der Waals surface area contributed by atoms with Crippen molar-refractivity contribution in [1.29, 1.82) is 0 Å². The zero-order chi connectivity index (χ0) is 26.6. The maximum atomic E-state index is 13.4. The van der Waals surface area contributed by atoms with Crippen molar-refractivity contribution in [3.8, 4) is 28.1 Å². The number of rotatable bonds is 10. The predicted octanol–water partition coefficient (Wildman–Crippen LogP) is 4.85. The van der Waals surface area contributed by atoms with Crippen LogP contribution in [0, 0.1) is 6.92 Å². The molecule has 1 amide bonds. The first kappa shape index (κ1) is 25.7. The summed E-state index contributed by atoms with van der Waals surface area (Å²) in [5.74, 6) is 0.605. The Labute approximate surface area is 224 Å². The highest BCUT2D eigenvalue weighted by molar-refractivity contribution is 5.96. The van der Waals surface area contributed by atoms with Gasteiger partial charge in [-0.1, -0.05) is 6.07 Å². The van der Waals surface area contributed by atoms with Gasteiger partial charge in [0.15, 0.2) is 0 Å². The minimum Gasteiger partial charge on any atom is -0.492 e. The van der Waals surface area contributed by atoms with Crippen molar-refractivity contribution >= 4 is 5.91 Å². The first-order valence-electron chi connectivity index (χ1n) is 13.3. The third-order valence-corrected chi connectivity index (χ3v) is 7.18. The van der Waals surface area contributed by atoms with E-state index in [1.54, 1.807) is 4.68 Å². The summed E-state index contributed by atoms with van der Waals surface area (Å²) >= 11 is 0. The molecule has 1 atom stereocenters. The number of amides is 1. The van der Waals surface area contributed by atoms with Gasteiger partial charge in [0, 0.05) is 49.2 Å². The Bertz CT molecular complexity index is 1420. The molecule has 8 heteroatoms. The summed E-state index contributed by atoms with van der Waals surface area (Å²) in [6.07, 6.45) is 7.10. The van der Waals surface area contributed by atoms with Gasteiger partial charge in [0.1, 0.15) is 12.4 Å². The summed E-state index contributed by atoms with van der Waals surface area (Å²) in [5, 5.41) is 12.3. The van der Waals surface area contributed by atoms with E-state index in [2.05, 4.69) is 40.4 Å². The van der Waals surface area contributed by atoms with Crippen LogP contribution in [0.15, 0.2) is 61.1 Å². The molecule has 0 saturated carbocycles. The van der Waals surface area contributed by atoms with Crippen molar-refractivity contribution in [3.63, 3.8) is 0 Å². The molecule has 8 nitrogen and oxygen atoms in total. The highest BCUT2D eigenvalue weighted by Gasteiger charge is 2.18. The third kappa shape index (κ3) is 5.81. The van der Waals surface area contributed by atoms with Crippen LogP contribution in [0.5, 0.6) is 5.75 Å². The average molecular weight is 513 g/mol. The van der Waals surface area contributed by atoms with Gasteiger partial charge in [-0.3, -0.25) is 19.1 Å². The van der Waals surface area contributed by atoms with E-state index in [0.717, 1.165) is 65.4 Å². The summed E-state index contributed by atoms with van der Waals surface area (Å²) < 4.78 is 9.66. The fraction of sp³-hybridized carbons (Fsp3) is 0.367. The zero-order valence-electron chi connectivity index (χ0n) is 22.6. The van der Waals surface area contributed by atoms with Gasteiger partial charge < -0.3 is 10.1 Å². The Morgan fingerprint density at radius 1 is 1.11 bits per heavy atom. The van der Waals surface area contributed by atoms with Crippen molar-refractivity contribution in [2.24, 2.45) is 7.05 Å². The summed E-state index contributed by atoms with van der Waals surface area (Å²) in [7, 11) is 1.91. The molecule has 2 aromatic heterocycles. The molecule has 2 aromatic carbocycles. The fourth-order valence-corrected chi connectivity index (χ4v) is 4.67. The van der Waals surface area contributed by atoms with Crippen LogP contribution in [-0.2, 0) is 13.6 Å². The molecule has 0 bridgehead atoms. The van der Waals surface area contributed by atoms with Crippen LogP contribution in [-0.4, -0.2) is 56.6 Å². The maximum Gasteiger partial charge on any atom is 0.252 e. The number of nitrogens with one attached hydrogen (secondary N) is 1. The number of carbonyl (C=O) groups excluding carboxylic acids is 1. The van der Waals surface area contributed by atoms with E-state index in [-0.39, 0.29) is 11.9 Å². The van der Waals surface area contributed by atoms with Gasteiger partial charge >= 0.3 is 0 Å². The van der Waals surface area contributed by atoms with Crippen molar-refractivity contribution < 1.29 is 9.53 Å². The van der Waals surface area contributed by atoms with Crippen molar-refractivity contribution in [3.05, 3.63) is 77.7 Å². The molecule has 1 N–H and O–H groups in total. The Hall–Kier alpha value is -3.91. The number of aryl methyl sites for hydroxylation is 3. The van der Waals surface area contributed by atoms with E-state index < -0.39 is 0 Å². The van der Waals surface area contributed by atoms with Crippen LogP contribution < -0.4 is 10.1 Å². The minimum absolute atomic E-state index is 0.119. The molecule has 0 spiro atoms. The Morgan fingerprint density at radius 3 is 2.61 bits per heavy atom. The molecule has 1 saturated heterocycles. The lowest BCUT2D eigenvalue weighted by Crippen LogP contribution is -2.39. The zero-order valence-corrected chi connectivity index (χ0v) is 22.6. The topological polar surface area (TPSA) is 77.2 Å². The number of benzene rings is 2.